The van der Waals surface area contributed by atoms with E-state index in [0.29, 0.717) is 24.7 Å². The van der Waals surface area contributed by atoms with Crippen LogP contribution in [0.4, 0.5) is 5.69 Å². The van der Waals surface area contributed by atoms with Crippen LogP contribution in [0.2, 0.25) is 0 Å². The van der Waals surface area contributed by atoms with Crippen LogP contribution in [0.3, 0.4) is 0 Å². The van der Waals surface area contributed by atoms with Crippen LogP contribution in [-0.2, 0) is 21.2 Å². The number of sulfonamides is 1. The van der Waals surface area contributed by atoms with E-state index in [2.05, 4.69) is 4.98 Å². The number of carboxylic acid groups (broad SMARTS) is 1. The Morgan fingerprint density at radius 1 is 1.13 bits per heavy atom. The zero-order valence-corrected chi connectivity index (χ0v) is 19.5. The summed E-state index contributed by atoms with van der Waals surface area (Å²) in [5.41, 5.74) is 1.85. The number of rotatable bonds is 9. The molecule has 0 aliphatic heterocycles. The fraction of sp³-hybridized carbons (Fsp3) is 0.200. The number of benzene rings is 2. The van der Waals surface area contributed by atoms with Crippen LogP contribution in [0.5, 0.6) is 5.75 Å². The third kappa shape index (κ3) is 6.60. The zero-order valence-electron chi connectivity index (χ0n) is 16.6. The molecule has 1 heterocycles. The second-order valence-electron chi connectivity index (χ2n) is 6.24. The maximum atomic E-state index is 11.8. The molecular weight excluding hydrogens is 419 g/mol. The van der Waals surface area contributed by atoms with Gasteiger partial charge in [-0.15, -0.1) is 0 Å². The van der Waals surface area contributed by atoms with Crippen LogP contribution >= 0.6 is 0 Å². The molecule has 30 heavy (non-hydrogen) atoms. The summed E-state index contributed by atoms with van der Waals surface area (Å²) in [5, 5.41) is 10.8. The van der Waals surface area contributed by atoms with E-state index in [1.54, 1.807) is 18.4 Å². The van der Waals surface area contributed by atoms with Gasteiger partial charge >= 0.3 is 29.6 Å². The Morgan fingerprint density at radius 3 is 2.40 bits per heavy atom. The van der Waals surface area contributed by atoms with Crippen LogP contribution in [0.25, 0.3) is 11.5 Å². The molecule has 10 heteroatoms. The first kappa shape index (κ1) is 23.9. The van der Waals surface area contributed by atoms with E-state index in [1.807, 2.05) is 30.3 Å². The Morgan fingerprint density at radius 2 is 1.80 bits per heavy atom. The van der Waals surface area contributed by atoms with Crippen molar-refractivity contribution in [2.24, 2.45) is 0 Å². The number of anilines is 1. The van der Waals surface area contributed by atoms with Gasteiger partial charge in [0.25, 0.3) is 0 Å². The molecule has 0 unspecified atom stereocenters. The smallest absolute Gasteiger partial charge is 0.548 e. The van der Waals surface area contributed by atoms with Crippen LogP contribution in [0, 0.1) is 0 Å². The van der Waals surface area contributed by atoms with E-state index < -0.39 is 22.5 Å². The summed E-state index contributed by atoms with van der Waals surface area (Å²) >= 11 is 0. The predicted octanol–water partition coefficient (Wildman–Crippen LogP) is -1.52. The van der Waals surface area contributed by atoms with Crippen molar-refractivity contribution in [3.05, 3.63) is 66.6 Å². The van der Waals surface area contributed by atoms with Gasteiger partial charge in [-0.25, -0.2) is 13.4 Å². The van der Waals surface area contributed by atoms with E-state index in [-0.39, 0.29) is 35.2 Å². The standard InChI is InChI=1S/C20H20N2O6S.Na/c1-29(25,26)22(13-19(23)24)17-7-9-18(10-8-17)27-12-11-16-14-28-20(21-16)15-5-3-2-4-6-15;/h2-10,14H,11-13H2,1H3,(H,23,24);/q;+1/p-1. The minimum absolute atomic E-state index is 0. The maximum Gasteiger partial charge on any atom is 1.00 e. The van der Waals surface area contributed by atoms with E-state index in [1.165, 1.54) is 12.1 Å². The number of carbonyl (C=O) groups excluding carboxylic acids is 1. The molecule has 3 aromatic rings. The normalized spacial score (nSPS) is 10.8. The molecule has 1 aromatic heterocycles. The largest absolute Gasteiger partial charge is 1.00 e. The van der Waals surface area contributed by atoms with Gasteiger partial charge in [0.1, 0.15) is 12.0 Å². The van der Waals surface area contributed by atoms with Crippen LogP contribution in [-0.4, -0.2) is 38.8 Å². The van der Waals surface area contributed by atoms with Crippen molar-refractivity contribution in [1.82, 2.24) is 4.98 Å². The first-order valence-electron chi connectivity index (χ1n) is 8.73. The van der Waals surface area contributed by atoms with Gasteiger partial charge in [-0.2, -0.15) is 0 Å². The van der Waals surface area contributed by atoms with Crippen LogP contribution in [0.15, 0.2) is 65.3 Å². The number of oxazole rings is 1. The summed E-state index contributed by atoms with van der Waals surface area (Å²) in [6.07, 6.45) is 3.04. The molecule has 0 atom stereocenters. The van der Waals surface area contributed by atoms with Gasteiger partial charge in [-0.1, -0.05) is 18.2 Å². The SMILES string of the molecule is CS(=O)(=O)N(CC(=O)[O-])c1ccc(OCCc2coc(-c3ccccc3)n2)cc1.[Na+]. The van der Waals surface area contributed by atoms with E-state index in [4.69, 9.17) is 9.15 Å². The van der Waals surface area contributed by atoms with Gasteiger partial charge in [-0.05, 0) is 36.4 Å². The van der Waals surface area contributed by atoms with E-state index >= 15 is 0 Å². The van der Waals surface area contributed by atoms with Gasteiger partial charge in [-0.3, -0.25) is 4.31 Å². The Balaban J connectivity index is 0.00000320. The van der Waals surface area contributed by atoms with Gasteiger partial charge in [0.15, 0.2) is 0 Å². The number of aliphatic carboxylic acids is 1. The van der Waals surface area contributed by atoms with E-state index in [9.17, 15) is 18.3 Å². The Kier molecular flexibility index (Phi) is 8.48. The average Bonchev–Trinajstić information content (AvgIpc) is 3.15. The zero-order chi connectivity index (χ0) is 20.9. The summed E-state index contributed by atoms with van der Waals surface area (Å²) in [6.45, 7) is -0.413. The quantitative estimate of drug-likeness (QED) is 0.373. The summed E-state index contributed by atoms with van der Waals surface area (Å²) < 4.78 is 35.4. The van der Waals surface area contributed by atoms with Crippen molar-refractivity contribution in [1.29, 1.82) is 0 Å². The Bertz CT molecular complexity index is 1070. The minimum Gasteiger partial charge on any atom is -0.548 e. The summed E-state index contributed by atoms with van der Waals surface area (Å²) in [4.78, 5) is 15.2. The number of carboxylic acids is 1. The van der Waals surface area contributed by atoms with Gasteiger partial charge in [0, 0.05) is 12.0 Å². The first-order chi connectivity index (χ1) is 13.8. The predicted molar refractivity (Wildman–Crippen MR) is 105 cm³/mol. The fourth-order valence-electron chi connectivity index (χ4n) is 2.63. The monoisotopic (exact) mass is 438 g/mol. The number of carbonyl (C=O) groups is 1. The number of hydrogen-bond acceptors (Lipinski definition) is 7. The summed E-state index contributed by atoms with van der Waals surface area (Å²) in [7, 11) is -3.75. The third-order valence-electron chi connectivity index (χ3n) is 4.00. The third-order valence-corrected chi connectivity index (χ3v) is 5.14. The fourth-order valence-corrected chi connectivity index (χ4v) is 3.48. The topological polar surface area (TPSA) is 113 Å². The molecule has 152 valence electrons. The molecule has 3 rings (SSSR count). The number of ether oxygens (including phenoxy) is 1. The van der Waals surface area contributed by atoms with Gasteiger partial charge in [0.2, 0.25) is 15.9 Å². The van der Waals surface area contributed by atoms with Crippen molar-refractivity contribution < 1.29 is 57.0 Å². The number of nitrogens with zero attached hydrogens (tertiary/aromatic N) is 2. The molecule has 2 aromatic carbocycles. The molecule has 0 amide bonds. The summed E-state index contributed by atoms with van der Waals surface area (Å²) in [5.74, 6) is -0.431. The van der Waals surface area contributed by atoms with Crippen LogP contribution < -0.4 is 43.7 Å². The molecule has 0 saturated heterocycles. The van der Waals surface area contributed by atoms with E-state index in [0.717, 1.165) is 21.8 Å². The summed E-state index contributed by atoms with van der Waals surface area (Å²) in [6, 6.07) is 15.6. The second-order valence-corrected chi connectivity index (χ2v) is 8.15. The van der Waals surface area contributed by atoms with Gasteiger partial charge < -0.3 is 19.1 Å². The van der Waals surface area contributed by atoms with Crippen molar-refractivity contribution in [2.75, 3.05) is 23.7 Å². The van der Waals surface area contributed by atoms with Crippen molar-refractivity contribution in [2.45, 2.75) is 6.42 Å². The molecule has 0 fully saturated rings. The second kappa shape index (κ2) is 10.6. The molecular formula is C20H19N2NaO6S. The molecule has 0 aliphatic carbocycles. The molecule has 0 spiro atoms. The minimum atomic E-state index is -3.75. The number of aromatic nitrogens is 1. The first-order valence-corrected chi connectivity index (χ1v) is 10.6. The number of hydrogen-bond donors (Lipinski definition) is 0. The molecule has 0 aliphatic rings. The molecule has 0 radical (unpaired) electrons. The Hall–Kier alpha value is -2.33. The molecule has 0 saturated carbocycles. The van der Waals surface area contributed by atoms with Crippen molar-refractivity contribution >= 4 is 21.7 Å². The maximum absolute atomic E-state index is 11.8. The van der Waals surface area contributed by atoms with Crippen LogP contribution in [0.1, 0.15) is 5.69 Å². The van der Waals surface area contributed by atoms with Gasteiger partial charge in [0.05, 0.1) is 36.8 Å². The molecule has 0 N–H and O–H groups in total. The molecule has 8 nitrogen and oxygen atoms in total. The molecule has 0 bridgehead atoms. The van der Waals surface area contributed by atoms with Crippen molar-refractivity contribution in [3.63, 3.8) is 0 Å². The van der Waals surface area contributed by atoms with Crippen molar-refractivity contribution in [3.8, 4) is 17.2 Å². The Labute approximate surface area is 196 Å². The average molecular weight is 438 g/mol.